The molecule has 12 rings (SSSR count). The summed E-state index contributed by atoms with van der Waals surface area (Å²) in [6.45, 7) is 0. The van der Waals surface area contributed by atoms with E-state index in [1.165, 1.54) is 50.1 Å². The topological polar surface area (TPSA) is 16.4 Å². The van der Waals surface area contributed by atoms with Crippen molar-refractivity contribution in [2.45, 2.75) is 5.41 Å². The average molecular weight is 752 g/mol. The van der Waals surface area contributed by atoms with Crippen molar-refractivity contribution in [1.82, 2.24) is 0 Å². The van der Waals surface area contributed by atoms with Crippen LogP contribution >= 0.6 is 0 Å². The number of para-hydroxylation sites is 3. The molecular formula is C57H37NO. The van der Waals surface area contributed by atoms with Crippen molar-refractivity contribution >= 4 is 51.2 Å². The minimum atomic E-state index is -0.529. The number of anilines is 3. The van der Waals surface area contributed by atoms with Crippen molar-refractivity contribution in [2.75, 3.05) is 4.90 Å². The second-order valence-corrected chi connectivity index (χ2v) is 15.6. The molecule has 0 N–H and O–H groups in total. The molecule has 0 radical (unpaired) electrons. The van der Waals surface area contributed by atoms with Gasteiger partial charge in [0.1, 0.15) is 11.2 Å². The third kappa shape index (κ3) is 5.00. The molecule has 2 heteroatoms. The van der Waals surface area contributed by atoms with Crippen molar-refractivity contribution in [1.29, 1.82) is 0 Å². The van der Waals surface area contributed by atoms with Gasteiger partial charge in [-0.05, 0) is 92.0 Å². The van der Waals surface area contributed by atoms with Gasteiger partial charge in [0.2, 0.25) is 0 Å². The Hall–Kier alpha value is -7.68. The zero-order valence-electron chi connectivity index (χ0n) is 32.2. The molecule has 0 aliphatic heterocycles. The smallest absolute Gasteiger partial charge is 0.143 e. The maximum atomic E-state index is 6.49. The standard InChI is InChI=1S/C57H37NO/c1-2-15-38(16-3-1)44-19-7-12-27-54(44)58(42-33-31-39(32-34-42)45-22-14-23-49-48-21-8-13-28-55(48)59-56(45)49)43-35-36-47-46-20-6-11-26-52(46)57(53(47)37-43)50-24-9-4-17-40(50)29-30-41-18-5-10-25-51(41)57/h1-37H. The summed E-state index contributed by atoms with van der Waals surface area (Å²) in [4.78, 5) is 2.44. The first-order valence-electron chi connectivity index (χ1n) is 20.3. The predicted molar refractivity (Wildman–Crippen MR) is 246 cm³/mol. The van der Waals surface area contributed by atoms with Crippen LogP contribution in [0.1, 0.15) is 33.4 Å². The van der Waals surface area contributed by atoms with Crippen LogP contribution in [-0.2, 0) is 5.41 Å². The fraction of sp³-hybridized carbons (Fsp3) is 0.0175. The summed E-state index contributed by atoms with van der Waals surface area (Å²) in [6, 6.07) is 77.3. The largest absolute Gasteiger partial charge is 0.455 e. The quantitative estimate of drug-likeness (QED) is 0.174. The molecule has 1 aromatic heterocycles. The molecule has 0 saturated heterocycles. The van der Waals surface area contributed by atoms with E-state index in [0.29, 0.717) is 0 Å². The minimum absolute atomic E-state index is 0.529. The SMILES string of the molecule is C1=Cc2ccccc2C2(c3ccccc31)c1ccccc1-c1ccc(N(c3ccc(-c4cccc5c4oc4ccccc45)cc3)c3ccccc3-c3ccccc3)cc12. The first kappa shape index (κ1) is 33.5. The van der Waals surface area contributed by atoms with E-state index >= 15 is 0 Å². The van der Waals surface area contributed by atoms with Gasteiger partial charge in [-0.1, -0.05) is 188 Å². The third-order valence-corrected chi connectivity index (χ3v) is 12.5. The minimum Gasteiger partial charge on any atom is -0.455 e. The highest BCUT2D eigenvalue weighted by Gasteiger charge is 2.48. The molecule has 0 saturated carbocycles. The van der Waals surface area contributed by atoms with Gasteiger partial charge in [-0.25, -0.2) is 0 Å². The van der Waals surface area contributed by atoms with Crippen molar-refractivity contribution in [2.24, 2.45) is 0 Å². The Kier molecular flexibility index (Phi) is 7.48. The highest BCUT2D eigenvalue weighted by Crippen LogP contribution is 2.59. The average Bonchev–Trinajstić information content (AvgIpc) is 3.78. The molecule has 59 heavy (non-hydrogen) atoms. The number of benzene rings is 9. The van der Waals surface area contributed by atoms with Gasteiger partial charge in [0.25, 0.3) is 0 Å². The van der Waals surface area contributed by atoms with Gasteiger partial charge < -0.3 is 9.32 Å². The van der Waals surface area contributed by atoms with Gasteiger partial charge in [-0.2, -0.15) is 0 Å². The number of fused-ring (bicyclic) bond motifs is 12. The molecule has 0 fully saturated rings. The van der Waals surface area contributed by atoms with E-state index < -0.39 is 5.41 Å². The third-order valence-electron chi connectivity index (χ3n) is 12.5. The summed E-state index contributed by atoms with van der Waals surface area (Å²) in [5.41, 5.74) is 19.3. The second kappa shape index (κ2) is 13.2. The van der Waals surface area contributed by atoms with E-state index in [1.54, 1.807) is 0 Å². The molecule has 9 aromatic carbocycles. The normalized spacial score (nSPS) is 13.2. The van der Waals surface area contributed by atoms with Crippen LogP contribution in [0, 0.1) is 0 Å². The van der Waals surface area contributed by atoms with Crippen molar-refractivity contribution < 1.29 is 4.42 Å². The number of rotatable bonds is 5. The van der Waals surface area contributed by atoms with E-state index in [0.717, 1.165) is 55.7 Å². The van der Waals surface area contributed by atoms with Crippen LogP contribution in [0.15, 0.2) is 217 Å². The van der Waals surface area contributed by atoms with Crippen molar-refractivity contribution in [3.8, 4) is 33.4 Å². The van der Waals surface area contributed by atoms with Crippen LogP contribution in [0.2, 0.25) is 0 Å². The van der Waals surface area contributed by atoms with Crippen LogP contribution in [-0.4, -0.2) is 0 Å². The molecule has 276 valence electrons. The van der Waals surface area contributed by atoms with Crippen molar-refractivity contribution in [3.05, 3.63) is 246 Å². The Morgan fingerprint density at radius 1 is 0.356 bits per heavy atom. The number of nitrogens with zero attached hydrogens (tertiary/aromatic N) is 1. The molecular weight excluding hydrogens is 715 g/mol. The van der Waals surface area contributed by atoms with Crippen LogP contribution in [0.25, 0.3) is 67.5 Å². The maximum Gasteiger partial charge on any atom is 0.143 e. The molecule has 1 heterocycles. The van der Waals surface area contributed by atoms with E-state index in [-0.39, 0.29) is 0 Å². The van der Waals surface area contributed by atoms with E-state index in [2.05, 4.69) is 217 Å². The maximum absolute atomic E-state index is 6.49. The molecule has 10 aromatic rings. The van der Waals surface area contributed by atoms with E-state index in [9.17, 15) is 0 Å². The van der Waals surface area contributed by atoms with Gasteiger partial charge >= 0.3 is 0 Å². The van der Waals surface area contributed by atoms with Gasteiger partial charge in [0, 0.05) is 33.3 Å². The first-order valence-corrected chi connectivity index (χ1v) is 20.3. The zero-order valence-corrected chi connectivity index (χ0v) is 32.2. The van der Waals surface area contributed by atoms with Gasteiger partial charge in [0.15, 0.2) is 0 Å². The van der Waals surface area contributed by atoms with Gasteiger partial charge in [0.05, 0.1) is 11.1 Å². The lowest BCUT2D eigenvalue weighted by Gasteiger charge is -2.36. The fourth-order valence-electron chi connectivity index (χ4n) is 10.0. The Labute approximate surface area is 343 Å². The van der Waals surface area contributed by atoms with Gasteiger partial charge in [-0.3, -0.25) is 0 Å². The van der Waals surface area contributed by atoms with Gasteiger partial charge in [-0.15, -0.1) is 0 Å². The summed E-state index contributed by atoms with van der Waals surface area (Å²) in [6.07, 6.45) is 4.59. The van der Waals surface area contributed by atoms with Crippen molar-refractivity contribution in [3.63, 3.8) is 0 Å². The Morgan fingerprint density at radius 2 is 0.915 bits per heavy atom. The Morgan fingerprint density at radius 3 is 1.69 bits per heavy atom. The second-order valence-electron chi connectivity index (χ2n) is 15.6. The molecule has 0 atom stereocenters. The Balaban J connectivity index is 1.10. The van der Waals surface area contributed by atoms with Crippen LogP contribution in [0.4, 0.5) is 17.1 Å². The zero-order chi connectivity index (χ0) is 38.9. The molecule has 2 aliphatic rings. The summed E-state index contributed by atoms with van der Waals surface area (Å²) in [7, 11) is 0. The predicted octanol–water partition coefficient (Wildman–Crippen LogP) is 15.2. The molecule has 0 amide bonds. The summed E-state index contributed by atoms with van der Waals surface area (Å²) >= 11 is 0. The summed E-state index contributed by atoms with van der Waals surface area (Å²) < 4.78 is 6.49. The highest BCUT2D eigenvalue weighted by molar-refractivity contribution is 6.09. The first-order chi connectivity index (χ1) is 29.3. The molecule has 2 nitrogen and oxygen atoms in total. The molecule has 1 spiro atoms. The monoisotopic (exact) mass is 751 g/mol. The lowest BCUT2D eigenvalue weighted by atomic mass is 9.66. The number of hydrogen-bond acceptors (Lipinski definition) is 2. The van der Waals surface area contributed by atoms with E-state index in [4.69, 9.17) is 4.42 Å². The lowest BCUT2D eigenvalue weighted by Crippen LogP contribution is -2.30. The molecule has 0 unspecified atom stereocenters. The van der Waals surface area contributed by atoms with E-state index in [1.807, 2.05) is 12.1 Å². The lowest BCUT2D eigenvalue weighted by molar-refractivity contribution is 0.670. The number of hydrogen-bond donors (Lipinski definition) is 0. The summed E-state index contributed by atoms with van der Waals surface area (Å²) in [5.74, 6) is 0. The highest BCUT2D eigenvalue weighted by atomic mass is 16.3. The van der Waals surface area contributed by atoms with Crippen LogP contribution in [0.3, 0.4) is 0 Å². The molecule has 0 bridgehead atoms. The fourth-order valence-corrected chi connectivity index (χ4v) is 10.0. The summed E-state index contributed by atoms with van der Waals surface area (Å²) in [5, 5.41) is 2.27. The molecule has 2 aliphatic carbocycles. The Bertz CT molecular complexity index is 3230. The number of furan rings is 1. The van der Waals surface area contributed by atoms with Crippen LogP contribution in [0.5, 0.6) is 0 Å². The van der Waals surface area contributed by atoms with Crippen LogP contribution < -0.4 is 4.90 Å².